The molecule has 1 atom stereocenters. The van der Waals surface area contributed by atoms with Crippen LogP contribution in [-0.4, -0.2) is 44.0 Å². The van der Waals surface area contributed by atoms with Crippen molar-refractivity contribution in [1.29, 1.82) is 0 Å². The molecule has 3 amide bonds. The van der Waals surface area contributed by atoms with Gasteiger partial charge in [-0.05, 0) is 49.3 Å². The van der Waals surface area contributed by atoms with Gasteiger partial charge in [-0.2, -0.15) is 0 Å². The molecular weight excluding hydrogens is 371 g/mol. The van der Waals surface area contributed by atoms with E-state index in [1.807, 2.05) is 19.0 Å². The normalized spacial score (nSPS) is 11.8. The first kappa shape index (κ1) is 22.4. The number of benzene rings is 2. The van der Waals surface area contributed by atoms with Crippen LogP contribution >= 0.6 is 0 Å². The Hall–Kier alpha value is -2.93. The van der Waals surface area contributed by atoms with Crippen LogP contribution in [0.15, 0.2) is 48.5 Å². The molecule has 0 aliphatic carbocycles. The lowest BCUT2D eigenvalue weighted by molar-refractivity contribution is -0.120. The maximum atomic E-state index is 12.9. The largest absolute Gasteiger partial charge is 0.353 e. The van der Waals surface area contributed by atoms with E-state index in [-0.39, 0.29) is 30.9 Å². The van der Waals surface area contributed by atoms with Crippen LogP contribution in [0.3, 0.4) is 0 Å². The first-order valence-corrected chi connectivity index (χ1v) is 9.67. The number of rotatable bonds is 9. The summed E-state index contributed by atoms with van der Waals surface area (Å²) in [5.74, 6) is -0.592. The maximum Gasteiger partial charge on any atom is 0.315 e. The van der Waals surface area contributed by atoms with Gasteiger partial charge >= 0.3 is 6.03 Å². The summed E-state index contributed by atoms with van der Waals surface area (Å²) in [5.41, 5.74) is 3.16. The fraction of sp³-hybridized carbons (Fsp3) is 0.364. The quantitative estimate of drug-likeness (QED) is 0.606. The van der Waals surface area contributed by atoms with Gasteiger partial charge < -0.3 is 20.9 Å². The minimum atomic E-state index is -0.455. The molecule has 2 rings (SSSR count). The molecule has 3 N–H and O–H groups in total. The molecule has 0 bridgehead atoms. The summed E-state index contributed by atoms with van der Waals surface area (Å²) in [4.78, 5) is 26.0. The number of nitrogens with one attached hydrogen (secondary N) is 3. The minimum Gasteiger partial charge on any atom is -0.353 e. The molecule has 0 aromatic heterocycles. The van der Waals surface area contributed by atoms with Crippen LogP contribution < -0.4 is 16.0 Å². The highest BCUT2D eigenvalue weighted by Gasteiger charge is 2.15. The fourth-order valence-electron chi connectivity index (χ4n) is 2.85. The number of aryl methyl sites for hydroxylation is 1. The number of carbonyl (C=O) groups excluding carboxylic acids is 2. The minimum absolute atomic E-state index is 0.0390. The zero-order valence-electron chi connectivity index (χ0n) is 17.2. The van der Waals surface area contributed by atoms with E-state index in [0.717, 1.165) is 17.5 Å². The van der Waals surface area contributed by atoms with Crippen molar-refractivity contribution in [1.82, 2.24) is 20.9 Å². The maximum absolute atomic E-state index is 12.9. The summed E-state index contributed by atoms with van der Waals surface area (Å²) < 4.78 is 12.9. The first-order valence-electron chi connectivity index (χ1n) is 9.67. The van der Waals surface area contributed by atoms with E-state index in [2.05, 4.69) is 47.1 Å². The van der Waals surface area contributed by atoms with Gasteiger partial charge in [0, 0.05) is 13.1 Å². The standard InChI is InChI=1S/C22H29FN4O2/c1-4-16-5-9-18(10-6-16)20(27(2)3)14-24-21(28)15-26-22(29)25-13-17-7-11-19(23)12-8-17/h5-12,20H,4,13-15H2,1-3H3,(H,24,28)(H2,25,26,29). The molecule has 0 saturated heterocycles. The lowest BCUT2D eigenvalue weighted by Gasteiger charge is -2.25. The highest BCUT2D eigenvalue weighted by Crippen LogP contribution is 2.18. The van der Waals surface area contributed by atoms with E-state index in [9.17, 15) is 14.0 Å². The summed E-state index contributed by atoms with van der Waals surface area (Å²) in [6, 6.07) is 13.8. The second-order valence-corrected chi connectivity index (χ2v) is 7.04. The lowest BCUT2D eigenvalue weighted by Crippen LogP contribution is -2.43. The van der Waals surface area contributed by atoms with Crippen molar-refractivity contribution in [3.05, 3.63) is 71.0 Å². The Morgan fingerprint density at radius 1 is 0.931 bits per heavy atom. The third-order valence-corrected chi connectivity index (χ3v) is 4.66. The third kappa shape index (κ3) is 7.54. The Kier molecular flexibility index (Phi) is 8.61. The van der Waals surface area contributed by atoms with Gasteiger partial charge in [0.15, 0.2) is 0 Å². The van der Waals surface area contributed by atoms with Gasteiger partial charge in [0.1, 0.15) is 5.82 Å². The molecule has 156 valence electrons. The van der Waals surface area contributed by atoms with E-state index in [4.69, 9.17) is 0 Å². The van der Waals surface area contributed by atoms with Crippen molar-refractivity contribution >= 4 is 11.9 Å². The second-order valence-electron chi connectivity index (χ2n) is 7.04. The van der Waals surface area contributed by atoms with Gasteiger partial charge in [-0.3, -0.25) is 4.79 Å². The summed E-state index contributed by atoms with van der Waals surface area (Å²) in [5, 5.41) is 8.02. The molecule has 29 heavy (non-hydrogen) atoms. The Morgan fingerprint density at radius 2 is 1.55 bits per heavy atom. The van der Waals surface area contributed by atoms with Gasteiger partial charge in [0.05, 0.1) is 12.6 Å². The average Bonchev–Trinajstić information content (AvgIpc) is 2.72. The Labute approximate surface area is 171 Å². The number of likely N-dealkylation sites (N-methyl/N-ethyl adjacent to an activating group) is 1. The molecule has 6 nitrogen and oxygen atoms in total. The molecule has 0 radical (unpaired) electrons. The number of carbonyl (C=O) groups is 2. The molecule has 0 aliphatic heterocycles. The van der Waals surface area contributed by atoms with Crippen molar-refractivity contribution in [3.8, 4) is 0 Å². The molecule has 1 unspecified atom stereocenters. The van der Waals surface area contributed by atoms with Gasteiger partial charge in [-0.15, -0.1) is 0 Å². The van der Waals surface area contributed by atoms with Crippen LogP contribution in [0, 0.1) is 5.82 Å². The summed E-state index contributed by atoms with van der Waals surface area (Å²) in [6.07, 6.45) is 0.985. The van der Waals surface area contributed by atoms with Crippen LogP contribution in [0.5, 0.6) is 0 Å². The smallest absolute Gasteiger partial charge is 0.315 e. The zero-order chi connectivity index (χ0) is 21.2. The van der Waals surface area contributed by atoms with Crippen molar-refractivity contribution < 1.29 is 14.0 Å². The van der Waals surface area contributed by atoms with E-state index in [0.29, 0.717) is 6.54 Å². The highest BCUT2D eigenvalue weighted by atomic mass is 19.1. The summed E-state index contributed by atoms with van der Waals surface area (Å²) >= 11 is 0. The number of urea groups is 1. The van der Waals surface area contributed by atoms with Gasteiger partial charge in [0.25, 0.3) is 0 Å². The van der Waals surface area contributed by atoms with Crippen molar-refractivity contribution in [3.63, 3.8) is 0 Å². The topological polar surface area (TPSA) is 73.5 Å². The molecule has 7 heteroatoms. The van der Waals surface area contributed by atoms with Gasteiger partial charge in [0.2, 0.25) is 5.91 Å². The lowest BCUT2D eigenvalue weighted by atomic mass is 10.0. The summed E-state index contributed by atoms with van der Waals surface area (Å²) in [7, 11) is 3.93. The molecular formula is C22H29FN4O2. The van der Waals surface area contributed by atoms with Crippen LogP contribution in [0.4, 0.5) is 9.18 Å². The predicted octanol–water partition coefficient (Wildman–Crippen LogP) is 2.61. The number of nitrogens with zero attached hydrogens (tertiary/aromatic N) is 1. The molecule has 0 spiro atoms. The van der Waals surface area contributed by atoms with Crippen LogP contribution in [0.25, 0.3) is 0 Å². The number of hydrogen-bond acceptors (Lipinski definition) is 3. The summed E-state index contributed by atoms with van der Waals surface area (Å²) in [6.45, 7) is 2.69. The monoisotopic (exact) mass is 400 g/mol. The molecule has 0 saturated carbocycles. The number of halogens is 1. The van der Waals surface area contributed by atoms with E-state index >= 15 is 0 Å². The Bertz CT molecular complexity index is 791. The van der Waals surface area contributed by atoms with Gasteiger partial charge in [-0.25, -0.2) is 9.18 Å². The molecule has 0 aliphatic rings. The van der Waals surface area contributed by atoms with Crippen LogP contribution in [0.2, 0.25) is 0 Å². The van der Waals surface area contributed by atoms with Crippen LogP contribution in [-0.2, 0) is 17.8 Å². The Balaban J connectivity index is 1.75. The number of hydrogen-bond donors (Lipinski definition) is 3. The molecule has 2 aromatic carbocycles. The molecule has 0 heterocycles. The Morgan fingerprint density at radius 3 is 2.14 bits per heavy atom. The number of amides is 3. The van der Waals surface area contributed by atoms with E-state index in [1.54, 1.807) is 12.1 Å². The van der Waals surface area contributed by atoms with Crippen LogP contribution in [0.1, 0.15) is 29.7 Å². The second kappa shape index (κ2) is 11.2. The highest BCUT2D eigenvalue weighted by molar-refractivity contribution is 5.83. The predicted molar refractivity (Wildman–Crippen MR) is 112 cm³/mol. The first-order chi connectivity index (χ1) is 13.9. The van der Waals surface area contributed by atoms with E-state index < -0.39 is 6.03 Å². The van der Waals surface area contributed by atoms with Crippen molar-refractivity contribution in [2.45, 2.75) is 25.9 Å². The third-order valence-electron chi connectivity index (χ3n) is 4.66. The zero-order valence-corrected chi connectivity index (χ0v) is 17.2. The average molecular weight is 400 g/mol. The van der Waals surface area contributed by atoms with Crippen molar-refractivity contribution in [2.24, 2.45) is 0 Å². The van der Waals surface area contributed by atoms with Gasteiger partial charge in [-0.1, -0.05) is 43.3 Å². The molecule has 0 fully saturated rings. The fourth-order valence-corrected chi connectivity index (χ4v) is 2.85. The van der Waals surface area contributed by atoms with Crippen molar-refractivity contribution in [2.75, 3.05) is 27.2 Å². The molecule has 2 aromatic rings. The SMILES string of the molecule is CCc1ccc(C(CNC(=O)CNC(=O)NCc2ccc(F)cc2)N(C)C)cc1. The van der Waals surface area contributed by atoms with E-state index in [1.165, 1.54) is 17.7 Å².